The molecule has 0 bridgehead atoms. The Bertz CT molecular complexity index is 552. The SMILES string of the molecule is CC1CN(C(=O)CN(Cc2ccccc2F)C2CC2)CC(C)O1. The van der Waals surface area contributed by atoms with Crippen LogP contribution in [0.5, 0.6) is 0 Å². The summed E-state index contributed by atoms with van der Waals surface area (Å²) in [6, 6.07) is 7.23. The molecule has 1 aromatic rings. The molecule has 3 rings (SSSR count). The molecular weight excluding hydrogens is 295 g/mol. The molecule has 2 fully saturated rings. The van der Waals surface area contributed by atoms with Crippen molar-refractivity contribution in [1.29, 1.82) is 0 Å². The molecule has 23 heavy (non-hydrogen) atoms. The van der Waals surface area contributed by atoms with Gasteiger partial charge in [0.25, 0.3) is 0 Å². The number of halogens is 1. The monoisotopic (exact) mass is 320 g/mol. The molecule has 1 aromatic carbocycles. The van der Waals surface area contributed by atoms with E-state index >= 15 is 0 Å². The summed E-state index contributed by atoms with van der Waals surface area (Å²) >= 11 is 0. The van der Waals surface area contributed by atoms with Gasteiger partial charge in [0.1, 0.15) is 5.82 Å². The molecule has 4 nitrogen and oxygen atoms in total. The lowest BCUT2D eigenvalue weighted by Gasteiger charge is -2.36. The normalized spacial score (nSPS) is 25.0. The topological polar surface area (TPSA) is 32.8 Å². The first-order valence-electron chi connectivity index (χ1n) is 8.43. The summed E-state index contributed by atoms with van der Waals surface area (Å²) in [6.07, 6.45) is 2.34. The average molecular weight is 320 g/mol. The van der Waals surface area contributed by atoms with Gasteiger partial charge in [0.15, 0.2) is 0 Å². The Kier molecular flexibility index (Phi) is 4.97. The third-order valence-electron chi connectivity index (χ3n) is 4.51. The maximum atomic E-state index is 13.9. The lowest BCUT2D eigenvalue weighted by molar-refractivity contribution is -0.144. The highest BCUT2D eigenvalue weighted by molar-refractivity contribution is 5.78. The number of benzene rings is 1. The molecule has 1 aliphatic carbocycles. The van der Waals surface area contributed by atoms with Crippen molar-refractivity contribution in [2.45, 2.75) is 51.5 Å². The predicted molar refractivity (Wildman–Crippen MR) is 86.4 cm³/mol. The number of carbonyl (C=O) groups excluding carboxylic acids is 1. The number of amides is 1. The Morgan fingerprint density at radius 3 is 2.52 bits per heavy atom. The molecule has 2 unspecified atom stereocenters. The first-order valence-corrected chi connectivity index (χ1v) is 8.43. The van der Waals surface area contributed by atoms with E-state index in [0.717, 1.165) is 12.8 Å². The van der Waals surface area contributed by atoms with E-state index in [4.69, 9.17) is 4.74 Å². The third kappa shape index (κ3) is 4.30. The minimum Gasteiger partial charge on any atom is -0.372 e. The molecule has 0 aromatic heterocycles. The molecule has 5 heteroatoms. The molecule has 0 radical (unpaired) electrons. The van der Waals surface area contributed by atoms with Crippen LogP contribution in [0.1, 0.15) is 32.3 Å². The summed E-state index contributed by atoms with van der Waals surface area (Å²) in [4.78, 5) is 16.6. The van der Waals surface area contributed by atoms with Gasteiger partial charge in [-0.05, 0) is 32.8 Å². The van der Waals surface area contributed by atoms with Gasteiger partial charge in [-0.25, -0.2) is 4.39 Å². The van der Waals surface area contributed by atoms with E-state index in [2.05, 4.69) is 4.90 Å². The number of hydrogen-bond donors (Lipinski definition) is 0. The third-order valence-corrected chi connectivity index (χ3v) is 4.51. The molecule has 2 aliphatic rings. The van der Waals surface area contributed by atoms with Gasteiger partial charge in [0.05, 0.1) is 18.8 Å². The van der Waals surface area contributed by atoms with Gasteiger partial charge in [-0.15, -0.1) is 0 Å². The van der Waals surface area contributed by atoms with Gasteiger partial charge in [0, 0.05) is 31.2 Å². The van der Waals surface area contributed by atoms with E-state index in [0.29, 0.717) is 37.8 Å². The summed E-state index contributed by atoms with van der Waals surface area (Å²) < 4.78 is 19.6. The van der Waals surface area contributed by atoms with E-state index in [9.17, 15) is 9.18 Å². The fourth-order valence-corrected chi connectivity index (χ4v) is 3.25. The quantitative estimate of drug-likeness (QED) is 0.835. The number of ether oxygens (including phenoxy) is 1. The smallest absolute Gasteiger partial charge is 0.236 e. The Labute approximate surface area is 137 Å². The Balaban J connectivity index is 1.63. The predicted octanol–water partition coefficient (Wildman–Crippen LogP) is 2.43. The Morgan fingerprint density at radius 1 is 1.26 bits per heavy atom. The van der Waals surface area contributed by atoms with Crippen LogP contribution in [-0.2, 0) is 16.1 Å². The molecule has 0 spiro atoms. The lowest BCUT2D eigenvalue weighted by atomic mass is 10.2. The van der Waals surface area contributed by atoms with Crippen molar-refractivity contribution < 1.29 is 13.9 Å². The molecule has 1 aliphatic heterocycles. The molecule has 126 valence electrons. The second kappa shape index (κ2) is 6.97. The van der Waals surface area contributed by atoms with E-state index < -0.39 is 0 Å². The fraction of sp³-hybridized carbons (Fsp3) is 0.611. The van der Waals surface area contributed by atoms with Crippen LogP contribution >= 0.6 is 0 Å². The van der Waals surface area contributed by atoms with Gasteiger partial charge in [-0.1, -0.05) is 18.2 Å². The van der Waals surface area contributed by atoms with Crippen LogP contribution in [0, 0.1) is 5.82 Å². The lowest BCUT2D eigenvalue weighted by Crippen LogP contribution is -2.51. The summed E-state index contributed by atoms with van der Waals surface area (Å²) in [5, 5.41) is 0. The van der Waals surface area contributed by atoms with Gasteiger partial charge < -0.3 is 9.64 Å². The number of carbonyl (C=O) groups is 1. The molecule has 1 saturated heterocycles. The Hall–Kier alpha value is -1.46. The number of morpholine rings is 1. The highest BCUT2D eigenvalue weighted by atomic mass is 19.1. The highest BCUT2D eigenvalue weighted by Gasteiger charge is 2.33. The molecular formula is C18H25FN2O2. The first kappa shape index (κ1) is 16.4. The van der Waals surface area contributed by atoms with Crippen LogP contribution in [0.25, 0.3) is 0 Å². The van der Waals surface area contributed by atoms with Crippen LogP contribution in [0.4, 0.5) is 4.39 Å². The van der Waals surface area contributed by atoms with Gasteiger partial charge in [-0.3, -0.25) is 9.69 Å². The van der Waals surface area contributed by atoms with Crippen molar-refractivity contribution in [1.82, 2.24) is 9.80 Å². The second-order valence-corrected chi connectivity index (χ2v) is 6.78. The van der Waals surface area contributed by atoms with Crippen LogP contribution in [0.15, 0.2) is 24.3 Å². The summed E-state index contributed by atoms with van der Waals surface area (Å²) in [5.41, 5.74) is 0.663. The summed E-state index contributed by atoms with van der Waals surface area (Å²) in [7, 11) is 0. The standard InChI is InChI=1S/C18H25FN2O2/c1-13-9-21(10-14(2)23-13)18(22)12-20(16-7-8-16)11-15-5-3-4-6-17(15)19/h3-6,13-14,16H,7-12H2,1-2H3. The first-order chi connectivity index (χ1) is 11.0. The van der Waals surface area contributed by atoms with E-state index in [-0.39, 0.29) is 23.9 Å². The molecule has 1 saturated carbocycles. The molecule has 0 N–H and O–H groups in total. The minimum absolute atomic E-state index is 0.0728. The van der Waals surface area contributed by atoms with Crippen LogP contribution < -0.4 is 0 Å². The fourth-order valence-electron chi connectivity index (χ4n) is 3.25. The molecule has 1 heterocycles. The zero-order chi connectivity index (χ0) is 16.4. The maximum absolute atomic E-state index is 13.9. The van der Waals surface area contributed by atoms with Crippen molar-refractivity contribution in [2.24, 2.45) is 0 Å². The van der Waals surface area contributed by atoms with Crippen molar-refractivity contribution in [3.05, 3.63) is 35.6 Å². The van der Waals surface area contributed by atoms with Crippen LogP contribution in [0.3, 0.4) is 0 Å². The summed E-state index contributed by atoms with van der Waals surface area (Å²) in [6.45, 7) is 6.13. The van der Waals surface area contributed by atoms with Crippen LogP contribution in [-0.4, -0.2) is 53.6 Å². The van der Waals surface area contributed by atoms with E-state index in [1.54, 1.807) is 12.1 Å². The maximum Gasteiger partial charge on any atom is 0.236 e. The largest absolute Gasteiger partial charge is 0.372 e. The Morgan fingerprint density at radius 2 is 1.91 bits per heavy atom. The average Bonchev–Trinajstić information content (AvgIpc) is 3.32. The van der Waals surface area contributed by atoms with Crippen molar-refractivity contribution in [2.75, 3.05) is 19.6 Å². The minimum atomic E-state index is -0.195. The zero-order valence-electron chi connectivity index (χ0n) is 13.9. The second-order valence-electron chi connectivity index (χ2n) is 6.78. The molecule has 2 atom stereocenters. The van der Waals surface area contributed by atoms with Gasteiger partial charge >= 0.3 is 0 Å². The van der Waals surface area contributed by atoms with Crippen molar-refractivity contribution >= 4 is 5.91 Å². The summed E-state index contributed by atoms with van der Waals surface area (Å²) in [5.74, 6) is -0.0746. The number of rotatable bonds is 5. The zero-order valence-corrected chi connectivity index (χ0v) is 13.9. The van der Waals surface area contributed by atoms with E-state index in [1.807, 2.05) is 24.8 Å². The van der Waals surface area contributed by atoms with Gasteiger partial charge in [-0.2, -0.15) is 0 Å². The highest BCUT2D eigenvalue weighted by Crippen LogP contribution is 2.29. The number of nitrogens with zero attached hydrogens (tertiary/aromatic N) is 2. The molecule has 1 amide bonds. The van der Waals surface area contributed by atoms with Crippen molar-refractivity contribution in [3.63, 3.8) is 0 Å². The van der Waals surface area contributed by atoms with Crippen molar-refractivity contribution in [3.8, 4) is 0 Å². The van der Waals surface area contributed by atoms with Gasteiger partial charge in [0.2, 0.25) is 5.91 Å². The number of hydrogen-bond acceptors (Lipinski definition) is 3. The van der Waals surface area contributed by atoms with E-state index in [1.165, 1.54) is 6.07 Å². The van der Waals surface area contributed by atoms with Crippen LogP contribution in [0.2, 0.25) is 0 Å².